The molecule has 78 valence electrons. The Morgan fingerprint density at radius 1 is 1.40 bits per heavy atom. The van der Waals surface area contributed by atoms with Gasteiger partial charge in [-0.05, 0) is 0 Å². The monoisotopic (exact) mass is 205 g/mol. The molecule has 0 unspecified atom stereocenters. The van der Waals surface area contributed by atoms with Crippen molar-refractivity contribution < 1.29 is 14.3 Å². The van der Waals surface area contributed by atoms with Crippen molar-refractivity contribution in [2.24, 2.45) is 0 Å². The largest absolute Gasteiger partial charge is 0.451 e. The molecule has 0 radical (unpaired) electrons. The van der Waals surface area contributed by atoms with Crippen LogP contribution in [0.5, 0.6) is 5.75 Å². The van der Waals surface area contributed by atoms with Crippen LogP contribution in [0.3, 0.4) is 0 Å². The molecule has 0 saturated carbocycles. The van der Waals surface area contributed by atoms with Gasteiger partial charge in [-0.3, -0.25) is 4.98 Å². The highest BCUT2D eigenvalue weighted by Crippen LogP contribution is 2.33. The first-order chi connectivity index (χ1) is 7.03. The number of hydrogen-bond donors (Lipinski definition) is 0. The van der Waals surface area contributed by atoms with Crippen molar-refractivity contribution in [1.29, 1.82) is 0 Å². The summed E-state index contributed by atoms with van der Waals surface area (Å²) in [5, 5.41) is 0. The highest BCUT2D eigenvalue weighted by molar-refractivity contribution is 5.94. The third-order valence-corrected chi connectivity index (χ3v) is 2.05. The Bertz CT molecular complexity index is 437. The molecule has 0 bridgehead atoms. The standard InChI is InChI=1S/C11H11NO3/c1-4-7-5-12-6-8-9(7)14-11(2,3)15-10(8)13/h4-6H,1H2,2-3H3. The molecule has 0 N–H and O–H groups in total. The van der Waals surface area contributed by atoms with Gasteiger partial charge < -0.3 is 9.47 Å². The lowest BCUT2D eigenvalue weighted by Crippen LogP contribution is -2.39. The number of pyridine rings is 1. The van der Waals surface area contributed by atoms with E-state index in [4.69, 9.17) is 9.47 Å². The number of fused-ring (bicyclic) bond motifs is 1. The molecule has 15 heavy (non-hydrogen) atoms. The quantitative estimate of drug-likeness (QED) is 0.658. The van der Waals surface area contributed by atoms with E-state index in [1.807, 2.05) is 0 Å². The SMILES string of the molecule is C=Cc1cncc2c1OC(C)(C)OC2=O. The van der Waals surface area contributed by atoms with Crippen LogP contribution in [0, 0.1) is 0 Å². The molecular weight excluding hydrogens is 194 g/mol. The minimum absolute atomic E-state index is 0.340. The molecule has 0 amide bonds. The van der Waals surface area contributed by atoms with Crippen LogP contribution in [0.4, 0.5) is 0 Å². The Hall–Kier alpha value is -1.84. The minimum Gasteiger partial charge on any atom is -0.451 e. The first-order valence-corrected chi connectivity index (χ1v) is 4.56. The zero-order valence-electron chi connectivity index (χ0n) is 8.61. The van der Waals surface area contributed by atoms with E-state index in [2.05, 4.69) is 11.6 Å². The molecule has 0 fully saturated rings. The van der Waals surface area contributed by atoms with E-state index in [9.17, 15) is 4.79 Å². The Morgan fingerprint density at radius 2 is 2.13 bits per heavy atom. The highest BCUT2D eigenvalue weighted by atomic mass is 16.7. The fraction of sp³-hybridized carbons (Fsp3) is 0.273. The minimum atomic E-state index is -0.941. The summed E-state index contributed by atoms with van der Waals surface area (Å²) in [5.41, 5.74) is 1.03. The molecule has 1 aromatic heterocycles. The van der Waals surface area contributed by atoms with Crippen LogP contribution < -0.4 is 4.74 Å². The van der Waals surface area contributed by atoms with Crippen LogP contribution in [0.15, 0.2) is 19.0 Å². The van der Waals surface area contributed by atoms with E-state index < -0.39 is 11.8 Å². The zero-order valence-corrected chi connectivity index (χ0v) is 8.61. The van der Waals surface area contributed by atoms with Crippen molar-refractivity contribution in [3.05, 3.63) is 30.1 Å². The van der Waals surface area contributed by atoms with E-state index >= 15 is 0 Å². The van der Waals surface area contributed by atoms with Crippen LogP contribution in [0.1, 0.15) is 29.8 Å². The number of esters is 1. The van der Waals surface area contributed by atoms with E-state index in [0.29, 0.717) is 16.9 Å². The fourth-order valence-electron chi connectivity index (χ4n) is 1.41. The van der Waals surface area contributed by atoms with Gasteiger partial charge in [0.05, 0.1) is 0 Å². The van der Waals surface area contributed by atoms with E-state index in [1.165, 1.54) is 6.20 Å². The predicted octanol–water partition coefficient (Wildman–Crippen LogP) is 2.01. The molecule has 2 rings (SSSR count). The molecule has 1 aliphatic rings. The van der Waals surface area contributed by atoms with Crippen molar-refractivity contribution >= 4 is 12.0 Å². The first-order valence-electron chi connectivity index (χ1n) is 4.56. The maximum atomic E-state index is 11.6. The van der Waals surface area contributed by atoms with Gasteiger partial charge in [-0.15, -0.1) is 0 Å². The van der Waals surface area contributed by atoms with Crippen LogP contribution >= 0.6 is 0 Å². The lowest BCUT2D eigenvalue weighted by molar-refractivity contribution is -0.127. The summed E-state index contributed by atoms with van der Waals surface area (Å²) in [6.07, 6.45) is 4.63. The van der Waals surface area contributed by atoms with Crippen LogP contribution in [-0.2, 0) is 4.74 Å². The summed E-state index contributed by atoms with van der Waals surface area (Å²) in [4.78, 5) is 15.5. The van der Waals surface area contributed by atoms with Gasteiger partial charge >= 0.3 is 5.97 Å². The Labute approximate surface area is 87.5 Å². The number of aromatic nitrogens is 1. The maximum absolute atomic E-state index is 11.6. The third kappa shape index (κ3) is 1.58. The topological polar surface area (TPSA) is 48.4 Å². The van der Waals surface area contributed by atoms with Crippen molar-refractivity contribution in [3.8, 4) is 5.75 Å². The molecule has 1 aliphatic heterocycles. The van der Waals surface area contributed by atoms with E-state index in [1.54, 1.807) is 26.1 Å². The zero-order chi connectivity index (χ0) is 11.1. The molecule has 0 aromatic carbocycles. The van der Waals surface area contributed by atoms with Gasteiger partial charge in [0.15, 0.2) is 0 Å². The predicted molar refractivity (Wildman–Crippen MR) is 54.5 cm³/mol. The molecule has 4 nitrogen and oxygen atoms in total. The second kappa shape index (κ2) is 3.08. The number of carbonyl (C=O) groups is 1. The normalized spacial score (nSPS) is 17.3. The fourth-order valence-corrected chi connectivity index (χ4v) is 1.41. The Kier molecular flexibility index (Phi) is 2.00. The molecule has 0 aliphatic carbocycles. The Balaban J connectivity index is 2.60. The average Bonchev–Trinajstić information content (AvgIpc) is 2.15. The number of carbonyl (C=O) groups excluding carboxylic acids is 1. The maximum Gasteiger partial charge on any atom is 0.346 e. The van der Waals surface area contributed by atoms with Crippen LogP contribution in [0.25, 0.3) is 6.08 Å². The summed E-state index contributed by atoms with van der Waals surface area (Å²) in [5.74, 6) is -0.873. The van der Waals surface area contributed by atoms with Crippen LogP contribution in [-0.4, -0.2) is 16.7 Å². The van der Waals surface area contributed by atoms with E-state index in [-0.39, 0.29) is 0 Å². The van der Waals surface area contributed by atoms with Crippen molar-refractivity contribution in [3.63, 3.8) is 0 Å². The summed E-state index contributed by atoms with van der Waals surface area (Å²) in [6.45, 7) is 7.00. The van der Waals surface area contributed by atoms with Gasteiger partial charge in [0, 0.05) is 31.8 Å². The van der Waals surface area contributed by atoms with Gasteiger partial charge in [-0.2, -0.15) is 0 Å². The average molecular weight is 205 g/mol. The van der Waals surface area contributed by atoms with Crippen molar-refractivity contribution in [2.75, 3.05) is 0 Å². The second-order valence-electron chi connectivity index (χ2n) is 3.70. The van der Waals surface area contributed by atoms with Crippen molar-refractivity contribution in [2.45, 2.75) is 19.6 Å². The Morgan fingerprint density at radius 3 is 2.80 bits per heavy atom. The molecule has 0 spiro atoms. The summed E-state index contributed by atoms with van der Waals surface area (Å²) < 4.78 is 10.6. The lowest BCUT2D eigenvalue weighted by atomic mass is 10.1. The molecule has 1 aromatic rings. The van der Waals surface area contributed by atoms with Crippen molar-refractivity contribution in [1.82, 2.24) is 4.98 Å². The number of nitrogens with zero attached hydrogens (tertiary/aromatic N) is 1. The van der Waals surface area contributed by atoms with Gasteiger partial charge in [-0.1, -0.05) is 12.7 Å². The summed E-state index contributed by atoms with van der Waals surface area (Å²) >= 11 is 0. The van der Waals surface area contributed by atoms with E-state index in [0.717, 1.165) is 0 Å². The number of cyclic esters (lactones) is 1. The number of ether oxygens (including phenoxy) is 2. The second-order valence-corrected chi connectivity index (χ2v) is 3.70. The van der Waals surface area contributed by atoms with Gasteiger partial charge in [0.25, 0.3) is 0 Å². The third-order valence-electron chi connectivity index (χ3n) is 2.05. The molecule has 0 atom stereocenters. The number of hydrogen-bond acceptors (Lipinski definition) is 4. The van der Waals surface area contributed by atoms with Gasteiger partial charge in [-0.25, -0.2) is 4.79 Å². The molecule has 0 saturated heterocycles. The highest BCUT2D eigenvalue weighted by Gasteiger charge is 2.35. The summed E-state index contributed by atoms with van der Waals surface area (Å²) in [7, 11) is 0. The molecular formula is C11H11NO3. The molecule has 4 heteroatoms. The number of rotatable bonds is 1. The van der Waals surface area contributed by atoms with Gasteiger partial charge in [0.2, 0.25) is 5.79 Å². The van der Waals surface area contributed by atoms with Crippen LogP contribution in [0.2, 0.25) is 0 Å². The first kappa shape index (κ1) is 9.71. The molecule has 2 heterocycles. The van der Waals surface area contributed by atoms with Gasteiger partial charge in [0.1, 0.15) is 11.3 Å². The summed E-state index contributed by atoms with van der Waals surface area (Å²) in [6, 6.07) is 0. The lowest BCUT2D eigenvalue weighted by Gasteiger charge is -2.32. The smallest absolute Gasteiger partial charge is 0.346 e.